The number of carbonyl (C=O) groups is 3. The van der Waals surface area contributed by atoms with Gasteiger partial charge in [0, 0.05) is 17.2 Å². The molecule has 3 N–H and O–H groups in total. The number of benzene rings is 2. The highest BCUT2D eigenvalue weighted by atomic mass is 35.5. The second kappa shape index (κ2) is 11.8. The third kappa shape index (κ3) is 7.43. The van der Waals surface area contributed by atoms with Crippen molar-refractivity contribution in [3.63, 3.8) is 0 Å². The molecule has 0 bridgehead atoms. The van der Waals surface area contributed by atoms with E-state index in [1.54, 1.807) is 37.3 Å². The number of aryl methyl sites for hydroxylation is 1. The Kier molecular flexibility index (Phi) is 9.11. The largest absolute Gasteiger partial charge is 0.495 e. The van der Waals surface area contributed by atoms with Crippen LogP contribution < -0.4 is 25.3 Å². The summed E-state index contributed by atoms with van der Waals surface area (Å²) in [6.45, 7) is 2.95. The monoisotopic (exact) mass is 476 g/mol. The summed E-state index contributed by atoms with van der Waals surface area (Å²) in [5.41, 5.74) is 6.83. The quantitative estimate of drug-likeness (QED) is 0.398. The maximum Gasteiger partial charge on any atom is 0.331 e. The minimum atomic E-state index is -1.07. The van der Waals surface area contributed by atoms with Crippen LogP contribution in [-0.2, 0) is 19.1 Å². The summed E-state index contributed by atoms with van der Waals surface area (Å²) in [7, 11) is 2.89. The molecule has 0 heterocycles. The molecule has 2 amide bonds. The van der Waals surface area contributed by atoms with Gasteiger partial charge in [0.15, 0.2) is 24.2 Å². The zero-order chi connectivity index (χ0) is 24.5. The summed E-state index contributed by atoms with van der Waals surface area (Å²) in [4.78, 5) is 35.5. The van der Waals surface area contributed by atoms with Crippen molar-refractivity contribution in [2.45, 2.75) is 20.0 Å². The van der Waals surface area contributed by atoms with E-state index in [4.69, 9.17) is 36.3 Å². The summed E-state index contributed by atoms with van der Waals surface area (Å²) in [6.07, 6.45) is 1.59. The number of halogens is 1. The Hall–Kier alpha value is -3.72. The molecule has 0 aliphatic rings. The fourth-order valence-electron chi connectivity index (χ4n) is 2.65. The molecule has 10 heteroatoms. The van der Waals surface area contributed by atoms with Gasteiger partial charge in [-0.3, -0.25) is 9.59 Å². The lowest BCUT2D eigenvalue weighted by molar-refractivity contribution is -0.148. The molecule has 2 aromatic rings. The van der Waals surface area contributed by atoms with Crippen molar-refractivity contribution in [1.29, 1.82) is 0 Å². The number of carbonyl (C=O) groups excluding carboxylic acids is 3. The number of anilines is 1. The number of esters is 1. The number of amides is 2. The number of nitrogens with two attached hydrogens (primary N) is 1. The van der Waals surface area contributed by atoms with Crippen molar-refractivity contribution >= 4 is 41.1 Å². The number of rotatable bonds is 10. The van der Waals surface area contributed by atoms with Gasteiger partial charge in [0.1, 0.15) is 5.75 Å². The Balaban J connectivity index is 2.00. The van der Waals surface area contributed by atoms with Crippen molar-refractivity contribution in [3.05, 3.63) is 52.6 Å². The van der Waals surface area contributed by atoms with Gasteiger partial charge in [-0.05, 0) is 49.2 Å². The molecule has 0 spiro atoms. The zero-order valence-corrected chi connectivity index (χ0v) is 19.4. The van der Waals surface area contributed by atoms with E-state index in [0.29, 0.717) is 33.5 Å². The van der Waals surface area contributed by atoms with Crippen molar-refractivity contribution in [2.24, 2.45) is 5.73 Å². The number of primary amides is 1. The van der Waals surface area contributed by atoms with Crippen molar-refractivity contribution in [1.82, 2.24) is 0 Å². The third-order valence-corrected chi connectivity index (χ3v) is 4.78. The molecule has 0 aliphatic heterocycles. The van der Waals surface area contributed by atoms with E-state index in [-0.39, 0.29) is 6.61 Å². The standard InChI is InChI=1S/C23H25ClN2O7/c1-13-9-17(19(30-3)11-16(13)24)26-23(29)14(2)33-22(28)8-6-15-5-7-18(20(10-15)31-4)32-12-21(25)27/h5-11,14H,12H2,1-4H3,(H2,25,27)(H,26,29)/b8-6+. The molecule has 9 nitrogen and oxygen atoms in total. The molecule has 2 rings (SSSR count). The molecule has 0 saturated carbocycles. The number of hydrogen-bond donors (Lipinski definition) is 2. The van der Waals surface area contributed by atoms with Gasteiger partial charge in [-0.25, -0.2) is 4.79 Å². The first kappa shape index (κ1) is 25.5. The number of nitrogens with one attached hydrogen (secondary N) is 1. The van der Waals surface area contributed by atoms with E-state index in [1.807, 2.05) is 0 Å². The molecular weight excluding hydrogens is 452 g/mol. The van der Waals surface area contributed by atoms with Crippen LogP contribution >= 0.6 is 11.6 Å². The predicted octanol–water partition coefficient (Wildman–Crippen LogP) is 3.11. The van der Waals surface area contributed by atoms with Gasteiger partial charge in [-0.2, -0.15) is 0 Å². The second-order valence-electron chi connectivity index (χ2n) is 6.87. The van der Waals surface area contributed by atoms with Crippen molar-refractivity contribution in [3.8, 4) is 17.2 Å². The van der Waals surface area contributed by atoms with Gasteiger partial charge in [-0.15, -0.1) is 0 Å². The molecule has 1 unspecified atom stereocenters. The van der Waals surface area contributed by atoms with E-state index in [0.717, 1.165) is 5.56 Å². The van der Waals surface area contributed by atoms with Gasteiger partial charge in [0.2, 0.25) is 0 Å². The third-order valence-electron chi connectivity index (χ3n) is 4.37. The van der Waals surface area contributed by atoms with Crippen LogP contribution in [0.4, 0.5) is 5.69 Å². The first-order valence-electron chi connectivity index (χ1n) is 9.77. The summed E-state index contributed by atoms with van der Waals surface area (Å²) in [5, 5.41) is 3.16. The normalized spacial score (nSPS) is 11.5. The van der Waals surface area contributed by atoms with Gasteiger partial charge in [0.25, 0.3) is 11.8 Å². The van der Waals surface area contributed by atoms with Crippen LogP contribution in [0.3, 0.4) is 0 Å². The Bertz CT molecular complexity index is 1070. The Morgan fingerprint density at radius 3 is 2.42 bits per heavy atom. The van der Waals surface area contributed by atoms with Crippen molar-refractivity contribution in [2.75, 3.05) is 26.1 Å². The number of ether oxygens (including phenoxy) is 4. The molecule has 33 heavy (non-hydrogen) atoms. The summed E-state index contributed by atoms with van der Waals surface area (Å²) < 4.78 is 20.9. The predicted molar refractivity (Wildman–Crippen MR) is 124 cm³/mol. The van der Waals surface area contributed by atoms with E-state index < -0.39 is 23.9 Å². The minimum Gasteiger partial charge on any atom is -0.495 e. The minimum absolute atomic E-state index is 0.292. The molecule has 1 atom stereocenters. The molecule has 0 fully saturated rings. The first-order valence-corrected chi connectivity index (χ1v) is 10.1. The second-order valence-corrected chi connectivity index (χ2v) is 7.28. The Labute approximate surface area is 196 Å². The lowest BCUT2D eigenvalue weighted by Gasteiger charge is -2.15. The maximum atomic E-state index is 12.5. The summed E-state index contributed by atoms with van der Waals surface area (Å²) in [6, 6.07) is 8.08. The molecule has 2 aromatic carbocycles. The molecular formula is C23H25ClN2O7. The van der Waals surface area contributed by atoms with Gasteiger partial charge >= 0.3 is 5.97 Å². The summed E-state index contributed by atoms with van der Waals surface area (Å²) >= 11 is 6.07. The van der Waals surface area contributed by atoms with Crippen LogP contribution in [-0.4, -0.2) is 44.7 Å². The fraction of sp³-hybridized carbons (Fsp3) is 0.261. The average molecular weight is 477 g/mol. The van der Waals surface area contributed by atoms with Crippen LogP contribution in [0.25, 0.3) is 6.08 Å². The smallest absolute Gasteiger partial charge is 0.331 e. The van der Waals surface area contributed by atoms with Crippen LogP contribution in [0, 0.1) is 6.92 Å². The zero-order valence-electron chi connectivity index (χ0n) is 18.6. The summed E-state index contributed by atoms with van der Waals surface area (Å²) in [5.74, 6) is -0.804. The highest BCUT2D eigenvalue weighted by Gasteiger charge is 2.19. The maximum absolute atomic E-state index is 12.5. The molecule has 176 valence electrons. The molecule has 0 aliphatic carbocycles. The average Bonchev–Trinajstić information content (AvgIpc) is 2.78. The number of hydrogen-bond acceptors (Lipinski definition) is 7. The Morgan fingerprint density at radius 2 is 1.79 bits per heavy atom. The lowest BCUT2D eigenvalue weighted by Crippen LogP contribution is -2.29. The highest BCUT2D eigenvalue weighted by Crippen LogP contribution is 2.31. The highest BCUT2D eigenvalue weighted by molar-refractivity contribution is 6.31. The van der Waals surface area contributed by atoms with Crippen molar-refractivity contribution < 1.29 is 33.3 Å². The van der Waals surface area contributed by atoms with Gasteiger partial charge in [0.05, 0.1) is 19.9 Å². The topological polar surface area (TPSA) is 126 Å². The van der Waals surface area contributed by atoms with Gasteiger partial charge < -0.3 is 30.0 Å². The van der Waals surface area contributed by atoms with Crippen LogP contribution in [0.2, 0.25) is 5.02 Å². The molecule has 0 aromatic heterocycles. The van der Waals surface area contributed by atoms with E-state index in [9.17, 15) is 14.4 Å². The van der Waals surface area contributed by atoms with E-state index in [2.05, 4.69) is 5.32 Å². The van der Waals surface area contributed by atoms with Crippen LogP contribution in [0.15, 0.2) is 36.4 Å². The Morgan fingerprint density at radius 1 is 1.09 bits per heavy atom. The van der Waals surface area contributed by atoms with E-state index in [1.165, 1.54) is 33.3 Å². The van der Waals surface area contributed by atoms with Gasteiger partial charge in [-0.1, -0.05) is 17.7 Å². The molecule has 0 saturated heterocycles. The molecule has 0 radical (unpaired) electrons. The fourth-order valence-corrected chi connectivity index (χ4v) is 2.81. The van der Waals surface area contributed by atoms with Crippen LogP contribution in [0.1, 0.15) is 18.1 Å². The van der Waals surface area contributed by atoms with E-state index >= 15 is 0 Å². The number of methoxy groups -OCH3 is 2. The SMILES string of the molecule is COc1cc(Cl)c(C)cc1NC(=O)C(C)OC(=O)/C=C/c1ccc(OCC(N)=O)c(OC)c1. The lowest BCUT2D eigenvalue weighted by atomic mass is 10.2. The first-order chi connectivity index (χ1) is 15.6. The van der Waals surface area contributed by atoms with Crippen LogP contribution in [0.5, 0.6) is 17.2 Å².